The van der Waals surface area contributed by atoms with E-state index in [1.54, 1.807) is 18.2 Å². The number of benzene rings is 1. The van der Waals surface area contributed by atoms with Gasteiger partial charge >= 0.3 is 0 Å². The third kappa shape index (κ3) is 2.84. The lowest BCUT2D eigenvalue weighted by Gasteiger charge is -2.20. The van der Waals surface area contributed by atoms with Crippen LogP contribution in [0.3, 0.4) is 0 Å². The average molecular weight is 218 g/mol. The van der Waals surface area contributed by atoms with Crippen molar-refractivity contribution in [3.63, 3.8) is 0 Å². The maximum absolute atomic E-state index is 10.9. The topological polar surface area (TPSA) is 61.4 Å². The van der Waals surface area contributed by atoms with E-state index in [4.69, 9.17) is 0 Å². The summed E-state index contributed by atoms with van der Waals surface area (Å²) in [6.45, 7) is 0. The van der Waals surface area contributed by atoms with E-state index in [0.29, 0.717) is 6.42 Å². The Kier molecular flexibility index (Phi) is 3.22. The summed E-state index contributed by atoms with van der Waals surface area (Å²) in [6.07, 6.45) is 5.24. The van der Waals surface area contributed by atoms with Crippen LogP contribution in [-0.4, -0.2) is 17.1 Å². The summed E-state index contributed by atoms with van der Waals surface area (Å²) in [5.41, 5.74) is 6.44. The van der Waals surface area contributed by atoms with Crippen molar-refractivity contribution in [2.24, 2.45) is 0 Å². The van der Waals surface area contributed by atoms with Gasteiger partial charge in [-0.1, -0.05) is 24.3 Å². The average Bonchev–Trinajstić information content (AvgIpc) is 2.28. The molecule has 0 spiro atoms. The minimum atomic E-state index is 0.0296. The molecule has 4 nitrogen and oxygen atoms in total. The van der Waals surface area contributed by atoms with Crippen LogP contribution in [0.2, 0.25) is 0 Å². The third-order valence-corrected chi connectivity index (χ3v) is 2.47. The van der Waals surface area contributed by atoms with Gasteiger partial charge < -0.3 is 5.11 Å². The molecule has 84 valence electrons. The lowest BCUT2D eigenvalue weighted by atomic mass is 10.1. The van der Waals surface area contributed by atoms with Crippen molar-refractivity contribution in [2.75, 3.05) is 0 Å². The van der Waals surface area contributed by atoms with Crippen molar-refractivity contribution in [3.05, 3.63) is 35.9 Å². The van der Waals surface area contributed by atoms with Gasteiger partial charge in [0.15, 0.2) is 0 Å². The van der Waals surface area contributed by atoms with Crippen LogP contribution in [0.4, 0.5) is 0 Å². The fourth-order valence-corrected chi connectivity index (χ4v) is 1.59. The highest BCUT2D eigenvalue weighted by molar-refractivity contribution is 5.76. The molecule has 0 aromatic heterocycles. The second kappa shape index (κ2) is 4.81. The van der Waals surface area contributed by atoms with E-state index in [-0.39, 0.29) is 17.7 Å². The number of amides is 1. The van der Waals surface area contributed by atoms with Gasteiger partial charge in [0.1, 0.15) is 5.75 Å². The summed E-state index contributed by atoms with van der Waals surface area (Å²) >= 11 is 0. The Balaban J connectivity index is 1.96. The maximum Gasteiger partial charge on any atom is 0.234 e. The van der Waals surface area contributed by atoms with Gasteiger partial charge in [0.05, 0.1) is 0 Å². The first-order chi connectivity index (χ1) is 7.74. The van der Waals surface area contributed by atoms with Crippen LogP contribution in [0, 0.1) is 0 Å². The van der Waals surface area contributed by atoms with E-state index in [1.807, 2.05) is 18.2 Å². The van der Waals surface area contributed by atoms with Gasteiger partial charge in [0.25, 0.3) is 0 Å². The highest BCUT2D eigenvalue weighted by Crippen LogP contribution is 2.13. The Labute approximate surface area is 94.0 Å². The second-order valence-corrected chi connectivity index (χ2v) is 3.79. The van der Waals surface area contributed by atoms with E-state index in [1.165, 1.54) is 0 Å². The number of aromatic hydroxyl groups is 1. The number of hydrogen-bond donors (Lipinski definition) is 3. The zero-order valence-corrected chi connectivity index (χ0v) is 8.81. The fourth-order valence-electron chi connectivity index (χ4n) is 1.59. The molecule has 1 fully saturated rings. The summed E-state index contributed by atoms with van der Waals surface area (Å²) in [4.78, 5) is 10.9. The molecule has 16 heavy (non-hydrogen) atoms. The van der Waals surface area contributed by atoms with Crippen LogP contribution in [0.25, 0.3) is 6.08 Å². The lowest BCUT2D eigenvalue weighted by molar-refractivity contribution is -0.123. The molecule has 1 aromatic carbocycles. The normalized spacial score (nSPS) is 21.0. The summed E-state index contributed by atoms with van der Waals surface area (Å²) in [5, 5.41) is 9.28. The van der Waals surface area contributed by atoms with Gasteiger partial charge in [0, 0.05) is 12.5 Å². The number of hydrazine groups is 1. The molecule has 1 aliphatic rings. The summed E-state index contributed by atoms with van der Waals surface area (Å²) in [7, 11) is 0. The minimum absolute atomic E-state index is 0.0296. The number of carbonyl (C=O) groups is 1. The van der Waals surface area contributed by atoms with Crippen LogP contribution in [0.5, 0.6) is 5.75 Å². The molecule has 2 rings (SSSR count). The van der Waals surface area contributed by atoms with Gasteiger partial charge in [-0.25, -0.2) is 5.43 Å². The molecule has 0 bridgehead atoms. The molecule has 1 aliphatic heterocycles. The first kappa shape index (κ1) is 10.7. The van der Waals surface area contributed by atoms with Crippen LogP contribution < -0.4 is 10.9 Å². The largest absolute Gasteiger partial charge is 0.508 e. The molecule has 1 amide bonds. The predicted octanol–water partition coefficient (Wildman–Crippen LogP) is 1.19. The van der Waals surface area contributed by atoms with Gasteiger partial charge in [-0.3, -0.25) is 10.2 Å². The first-order valence-corrected chi connectivity index (χ1v) is 5.25. The number of carbonyl (C=O) groups excluding carboxylic acids is 1. The first-order valence-electron chi connectivity index (χ1n) is 5.25. The van der Waals surface area contributed by atoms with Gasteiger partial charge in [-0.2, -0.15) is 0 Å². The SMILES string of the molecule is O=C1CCC(/C=C/c2cccc(O)c2)NN1. The van der Waals surface area contributed by atoms with E-state index in [0.717, 1.165) is 12.0 Å². The smallest absolute Gasteiger partial charge is 0.234 e. The standard InChI is InChI=1S/C12H14N2O2/c15-11-3-1-2-9(8-11)4-5-10-6-7-12(16)14-13-10/h1-5,8,10,13,15H,6-7H2,(H,14,16)/b5-4+. The van der Waals surface area contributed by atoms with Crippen LogP contribution in [0.1, 0.15) is 18.4 Å². The molecular formula is C12H14N2O2. The van der Waals surface area contributed by atoms with Crippen molar-refractivity contribution in [3.8, 4) is 5.75 Å². The third-order valence-electron chi connectivity index (χ3n) is 2.47. The highest BCUT2D eigenvalue weighted by atomic mass is 16.3. The molecular weight excluding hydrogens is 204 g/mol. The molecule has 0 radical (unpaired) electrons. The summed E-state index contributed by atoms with van der Waals surface area (Å²) < 4.78 is 0. The lowest BCUT2D eigenvalue weighted by Crippen LogP contribution is -2.48. The van der Waals surface area contributed by atoms with Crippen molar-refractivity contribution < 1.29 is 9.90 Å². The van der Waals surface area contributed by atoms with Crippen molar-refractivity contribution in [1.82, 2.24) is 10.9 Å². The molecule has 0 aliphatic carbocycles. The molecule has 1 unspecified atom stereocenters. The predicted molar refractivity (Wildman–Crippen MR) is 61.4 cm³/mol. The van der Waals surface area contributed by atoms with E-state index in [2.05, 4.69) is 10.9 Å². The summed E-state index contributed by atoms with van der Waals surface area (Å²) in [6, 6.07) is 7.19. The minimum Gasteiger partial charge on any atom is -0.508 e. The Hall–Kier alpha value is -1.81. The molecule has 4 heteroatoms. The number of phenols is 1. The van der Waals surface area contributed by atoms with E-state index < -0.39 is 0 Å². The molecule has 1 atom stereocenters. The number of rotatable bonds is 2. The summed E-state index contributed by atoms with van der Waals surface area (Å²) in [5.74, 6) is 0.286. The number of phenolic OH excluding ortho intramolecular Hbond substituents is 1. The Bertz CT molecular complexity index is 405. The number of nitrogens with one attached hydrogen (secondary N) is 2. The zero-order valence-electron chi connectivity index (χ0n) is 8.81. The quantitative estimate of drug-likeness (QED) is 0.698. The Morgan fingerprint density at radius 3 is 3.00 bits per heavy atom. The number of hydrogen-bond acceptors (Lipinski definition) is 3. The van der Waals surface area contributed by atoms with Crippen molar-refractivity contribution in [2.45, 2.75) is 18.9 Å². The second-order valence-electron chi connectivity index (χ2n) is 3.79. The molecule has 1 aromatic rings. The monoisotopic (exact) mass is 218 g/mol. The molecule has 0 saturated carbocycles. The fraction of sp³-hybridized carbons (Fsp3) is 0.250. The van der Waals surface area contributed by atoms with Gasteiger partial charge in [0.2, 0.25) is 5.91 Å². The molecule has 1 heterocycles. The van der Waals surface area contributed by atoms with E-state index in [9.17, 15) is 9.90 Å². The zero-order chi connectivity index (χ0) is 11.4. The van der Waals surface area contributed by atoms with Crippen molar-refractivity contribution in [1.29, 1.82) is 0 Å². The Morgan fingerprint density at radius 1 is 1.44 bits per heavy atom. The highest BCUT2D eigenvalue weighted by Gasteiger charge is 2.14. The molecule has 3 N–H and O–H groups in total. The Morgan fingerprint density at radius 2 is 2.31 bits per heavy atom. The van der Waals surface area contributed by atoms with E-state index >= 15 is 0 Å². The van der Waals surface area contributed by atoms with Gasteiger partial charge in [-0.05, 0) is 24.1 Å². The van der Waals surface area contributed by atoms with Crippen LogP contribution >= 0.6 is 0 Å². The van der Waals surface area contributed by atoms with Crippen LogP contribution in [-0.2, 0) is 4.79 Å². The maximum atomic E-state index is 10.9. The van der Waals surface area contributed by atoms with Gasteiger partial charge in [-0.15, -0.1) is 0 Å². The molecule has 1 saturated heterocycles. The van der Waals surface area contributed by atoms with Crippen LogP contribution in [0.15, 0.2) is 30.3 Å². The van der Waals surface area contributed by atoms with Crippen molar-refractivity contribution >= 4 is 12.0 Å².